The third-order valence-corrected chi connectivity index (χ3v) is 15.9. The molecule has 4 amide bonds. The average Bonchev–Trinajstić information content (AvgIpc) is 4.22. The van der Waals surface area contributed by atoms with Crippen LogP contribution in [0.25, 0.3) is 33.6 Å². The third kappa shape index (κ3) is 8.42. The van der Waals surface area contributed by atoms with E-state index in [1.165, 1.54) is 54.9 Å². The quantitative estimate of drug-likeness (QED) is 0.115. The van der Waals surface area contributed by atoms with Crippen molar-refractivity contribution in [3.63, 3.8) is 0 Å². The summed E-state index contributed by atoms with van der Waals surface area (Å²) < 4.78 is 9.89. The summed E-state index contributed by atoms with van der Waals surface area (Å²) in [5, 5.41) is 5.80. The molecule has 2 aromatic heterocycles. The summed E-state index contributed by atoms with van der Waals surface area (Å²) in [5.74, 6) is 2.71. The number of alkyl carbamates (subject to hydrolysis) is 2. The van der Waals surface area contributed by atoms with Gasteiger partial charge in [0.2, 0.25) is 11.8 Å². The largest absolute Gasteiger partial charge is 0.453 e. The van der Waals surface area contributed by atoms with Crippen molar-refractivity contribution in [2.45, 2.75) is 145 Å². The molecule has 2 aliphatic heterocycles. The number of aromatic nitrogens is 4. The molecule has 4 aliphatic carbocycles. The van der Waals surface area contributed by atoms with Crippen molar-refractivity contribution in [3.8, 4) is 33.6 Å². The van der Waals surface area contributed by atoms with E-state index in [-0.39, 0.29) is 35.7 Å². The van der Waals surface area contributed by atoms with Crippen LogP contribution in [0.2, 0.25) is 0 Å². The standard InChI is InChI=1S/C51H64N8O6/c1-64-50(62)56-44(32-11-5-3-6-12-32)48(60)58-25-9-15-40(58)46-52-28-38(54-46)31-19-17-30(18-20-31)36-23-24-37(43-35-22-21-34(27-35)42(36)43)39-29-53-47(55-39)41-16-10-26-59(41)49(61)45(57-51(63)65-2)33-13-7-4-8-14-33/h17-20,23-24,28-29,32-35,40-41,44-45H,3-16,21-22,25-27H2,1-2H3,(H,52,54)(H,53,55)(H,56,62)(H,57,63)/t34?,35?,40-,41-,44-,45-/m0/s1. The summed E-state index contributed by atoms with van der Waals surface area (Å²) in [6.07, 6.45) is 19.9. The van der Waals surface area contributed by atoms with E-state index in [0.717, 1.165) is 125 Å². The van der Waals surface area contributed by atoms with Crippen LogP contribution in [-0.2, 0) is 19.1 Å². The van der Waals surface area contributed by atoms with Gasteiger partial charge in [0.25, 0.3) is 0 Å². The highest BCUT2D eigenvalue weighted by Gasteiger charge is 2.43. The van der Waals surface area contributed by atoms with Gasteiger partial charge in [-0.1, -0.05) is 74.9 Å². The minimum atomic E-state index is -0.601. The van der Waals surface area contributed by atoms with E-state index in [0.29, 0.717) is 24.9 Å². The van der Waals surface area contributed by atoms with Crippen LogP contribution in [-0.4, -0.2) is 93.1 Å². The number of hydrogen-bond acceptors (Lipinski definition) is 8. The Hall–Kier alpha value is -5.66. The number of nitrogens with one attached hydrogen (secondary N) is 4. The molecule has 2 aromatic carbocycles. The van der Waals surface area contributed by atoms with Gasteiger partial charge in [0.05, 0.1) is 50.1 Å². The van der Waals surface area contributed by atoms with Gasteiger partial charge in [0, 0.05) is 18.7 Å². The molecule has 14 heteroatoms. The normalized spacial score (nSPS) is 24.2. The Balaban J connectivity index is 0.864. The molecule has 2 saturated heterocycles. The van der Waals surface area contributed by atoms with Gasteiger partial charge in [-0.05, 0) is 122 Å². The molecular weight excluding hydrogens is 821 g/mol. The summed E-state index contributed by atoms with van der Waals surface area (Å²) in [4.78, 5) is 74.0. The van der Waals surface area contributed by atoms with Crippen LogP contribution in [0.5, 0.6) is 0 Å². The number of fused-ring (bicyclic) bond motifs is 5. The van der Waals surface area contributed by atoms with E-state index in [1.807, 2.05) is 22.2 Å². The van der Waals surface area contributed by atoms with Crippen molar-refractivity contribution in [3.05, 3.63) is 71.6 Å². The lowest BCUT2D eigenvalue weighted by atomic mass is 9.82. The number of benzene rings is 2. The lowest BCUT2D eigenvalue weighted by Crippen LogP contribution is -2.52. The van der Waals surface area contributed by atoms with Gasteiger partial charge in [-0.15, -0.1) is 0 Å². The van der Waals surface area contributed by atoms with Gasteiger partial charge in [0.15, 0.2) is 0 Å². The Labute approximate surface area is 381 Å². The molecule has 5 fully saturated rings. The Morgan fingerprint density at radius 1 is 0.569 bits per heavy atom. The minimum Gasteiger partial charge on any atom is -0.453 e. The molecule has 14 nitrogen and oxygen atoms in total. The first-order valence-electron chi connectivity index (χ1n) is 24.5. The zero-order chi connectivity index (χ0) is 44.6. The Bertz CT molecular complexity index is 2380. The van der Waals surface area contributed by atoms with Crippen LogP contribution in [0.4, 0.5) is 9.59 Å². The lowest BCUT2D eigenvalue weighted by molar-refractivity contribution is -0.136. The molecule has 0 spiro atoms. The average molecular weight is 885 g/mol. The Morgan fingerprint density at radius 3 is 1.55 bits per heavy atom. The van der Waals surface area contributed by atoms with Crippen molar-refractivity contribution in [2.24, 2.45) is 11.8 Å². The molecule has 344 valence electrons. The topological polar surface area (TPSA) is 175 Å². The molecule has 0 radical (unpaired) electrons. The summed E-state index contributed by atoms with van der Waals surface area (Å²) in [6, 6.07) is 11.7. The van der Waals surface area contributed by atoms with Crippen LogP contribution in [0, 0.1) is 11.8 Å². The summed E-state index contributed by atoms with van der Waals surface area (Å²) >= 11 is 0. The smallest absolute Gasteiger partial charge is 0.407 e. The highest BCUT2D eigenvalue weighted by molar-refractivity contribution is 5.87. The summed E-state index contributed by atoms with van der Waals surface area (Å²) in [6.45, 7) is 1.27. The molecule has 2 bridgehead atoms. The number of rotatable bonds is 11. The van der Waals surface area contributed by atoms with Crippen LogP contribution >= 0.6 is 0 Å². The minimum absolute atomic E-state index is 0.0363. The predicted molar refractivity (Wildman–Crippen MR) is 246 cm³/mol. The molecule has 2 unspecified atom stereocenters. The molecule has 4 N–H and O–H groups in total. The molecule has 65 heavy (non-hydrogen) atoms. The Morgan fingerprint density at radius 2 is 1.03 bits per heavy atom. The molecular formula is C51H64N8O6. The fourth-order valence-corrected chi connectivity index (χ4v) is 12.7. The van der Waals surface area contributed by atoms with E-state index in [2.05, 4.69) is 57.0 Å². The zero-order valence-electron chi connectivity index (χ0n) is 37.9. The predicted octanol–water partition coefficient (Wildman–Crippen LogP) is 9.44. The number of ether oxygens (including phenoxy) is 2. The first kappa shape index (κ1) is 43.2. The van der Waals surface area contributed by atoms with Crippen LogP contribution < -0.4 is 10.6 Å². The molecule has 3 saturated carbocycles. The monoisotopic (exact) mass is 884 g/mol. The number of aromatic amines is 2. The number of nitrogens with zero attached hydrogens (tertiary/aromatic N) is 4. The highest BCUT2D eigenvalue weighted by Crippen LogP contribution is 2.58. The van der Waals surface area contributed by atoms with Crippen LogP contribution in [0.3, 0.4) is 0 Å². The maximum atomic E-state index is 14.2. The first-order valence-corrected chi connectivity index (χ1v) is 24.5. The van der Waals surface area contributed by atoms with Gasteiger partial charge in [0.1, 0.15) is 23.7 Å². The number of H-pyrrole nitrogens is 2. The third-order valence-electron chi connectivity index (χ3n) is 15.9. The molecule has 10 rings (SSSR count). The zero-order valence-corrected chi connectivity index (χ0v) is 37.9. The van der Waals surface area contributed by atoms with Gasteiger partial charge < -0.3 is 39.9 Å². The fraction of sp³-hybridized carbons (Fsp3) is 0.569. The van der Waals surface area contributed by atoms with Gasteiger partial charge >= 0.3 is 12.2 Å². The Kier molecular flexibility index (Phi) is 12.4. The van der Waals surface area contributed by atoms with Gasteiger partial charge in [-0.2, -0.15) is 0 Å². The SMILES string of the molecule is COC(=O)N[C@H](C(=O)N1CCC[C@H]1c1ncc(-c2ccc(-c3ccc(-c4cnc([C@@H]5CCCN5C(=O)[C@@H](NC(=O)OC)C5CCCCC5)[nH]4)c4c3C3CCC4C3)cc2)[nH]1)C1CCCCC1. The number of likely N-dealkylation sites (tertiary alicyclic amines) is 2. The number of imidazole rings is 2. The van der Waals surface area contributed by atoms with E-state index >= 15 is 0 Å². The number of carbonyl (C=O) groups excluding carboxylic acids is 4. The number of hydrogen-bond donors (Lipinski definition) is 4. The van der Waals surface area contributed by atoms with Crippen LogP contribution in [0.15, 0.2) is 48.8 Å². The number of carbonyl (C=O) groups is 4. The van der Waals surface area contributed by atoms with Crippen molar-refractivity contribution in [1.82, 2.24) is 40.4 Å². The molecule has 4 heterocycles. The number of methoxy groups -OCH3 is 2. The second-order valence-corrected chi connectivity index (χ2v) is 19.5. The number of amides is 4. The van der Waals surface area contributed by atoms with Gasteiger partial charge in [-0.25, -0.2) is 19.6 Å². The van der Waals surface area contributed by atoms with E-state index in [1.54, 1.807) is 0 Å². The second kappa shape index (κ2) is 18.7. The lowest BCUT2D eigenvalue weighted by Gasteiger charge is -2.34. The van der Waals surface area contributed by atoms with E-state index in [4.69, 9.17) is 19.4 Å². The maximum absolute atomic E-state index is 14.2. The highest BCUT2D eigenvalue weighted by atomic mass is 16.5. The van der Waals surface area contributed by atoms with Crippen molar-refractivity contribution in [1.29, 1.82) is 0 Å². The summed E-state index contributed by atoms with van der Waals surface area (Å²) in [5.41, 5.74) is 9.46. The van der Waals surface area contributed by atoms with E-state index < -0.39 is 24.3 Å². The first-order chi connectivity index (χ1) is 31.8. The second-order valence-electron chi connectivity index (χ2n) is 19.5. The van der Waals surface area contributed by atoms with Crippen molar-refractivity contribution in [2.75, 3.05) is 27.3 Å². The van der Waals surface area contributed by atoms with E-state index in [9.17, 15) is 19.2 Å². The summed E-state index contributed by atoms with van der Waals surface area (Å²) in [7, 11) is 2.69. The maximum Gasteiger partial charge on any atom is 0.407 e. The van der Waals surface area contributed by atoms with Gasteiger partial charge in [-0.3, -0.25) is 9.59 Å². The van der Waals surface area contributed by atoms with Crippen molar-refractivity contribution < 1.29 is 28.7 Å². The molecule has 4 aromatic rings. The van der Waals surface area contributed by atoms with Crippen molar-refractivity contribution >= 4 is 24.0 Å². The van der Waals surface area contributed by atoms with Crippen LogP contribution in [0.1, 0.15) is 156 Å². The fourth-order valence-electron chi connectivity index (χ4n) is 12.7. The molecule has 6 atom stereocenters. The molecule has 6 aliphatic rings.